The third-order valence-electron chi connectivity index (χ3n) is 1.02. The minimum atomic E-state index is -1.46. The number of amides is 2. The molecule has 2 N–H and O–H groups in total. The number of imide groups is 1. The molecule has 0 rings (SSSR count). The van der Waals surface area contributed by atoms with Crippen LogP contribution in [0.1, 0.15) is 6.42 Å². The Morgan fingerprint density at radius 3 is 2.09 bits per heavy atom. The first-order valence-corrected chi connectivity index (χ1v) is 2.94. The summed E-state index contributed by atoms with van der Waals surface area (Å²) in [5.74, 6) is 0. The van der Waals surface area contributed by atoms with E-state index in [1.54, 1.807) is 0 Å². The Kier molecular flexibility index (Phi) is 3.72. The molecular formula is C6H9NO4. The minimum Gasteiger partial charge on any atom is -0.465 e. The van der Waals surface area contributed by atoms with Crippen molar-refractivity contribution in [2.24, 2.45) is 0 Å². The van der Waals surface area contributed by atoms with Crippen LogP contribution in [0.15, 0.2) is 12.7 Å². The lowest BCUT2D eigenvalue weighted by molar-refractivity contribution is 0.123. The zero-order valence-electron chi connectivity index (χ0n) is 5.86. The van der Waals surface area contributed by atoms with Gasteiger partial charge in [-0.2, -0.15) is 0 Å². The number of hydrogen-bond donors (Lipinski definition) is 2. The predicted molar refractivity (Wildman–Crippen MR) is 37.6 cm³/mol. The first-order valence-electron chi connectivity index (χ1n) is 2.94. The van der Waals surface area contributed by atoms with Crippen molar-refractivity contribution in [3.05, 3.63) is 12.7 Å². The smallest absolute Gasteiger partial charge is 0.416 e. The van der Waals surface area contributed by atoms with Gasteiger partial charge in [-0.3, -0.25) is 0 Å². The molecule has 0 aliphatic carbocycles. The van der Waals surface area contributed by atoms with Crippen molar-refractivity contribution in [1.29, 1.82) is 0 Å². The molecule has 0 bridgehead atoms. The molecule has 0 heterocycles. The first kappa shape index (κ1) is 9.48. The Labute approximate surface area is 63.5 Å². The van der Waals surface area contributed by atoms with Gasteiger partial charge in [-0.15, -0.1) is 6.58 Å². The fraction of sp³-hybridized carbons (Fsp3) is 0.333. The molecule has 11 heavy (non-hydrogen) atoms. The van der Waals surface area contributed by atoms with Crippen molar-refractivity contribution < 1.29 is 19.8 Å². The summed E-state index contributed by atoms with van der Waals surface area (Å²) in [6.07, 6.45) is -1.13. The van der Waals surface area contributed by atoms with E-state index in [-0.39, 0.29) is 6.54 Å². The summed E-state index contributed by atoms with van der Waals surface area (Å²) in [7, 11) is 0. The van der Waals surface area contributed by atoms with Gasteiger partial charge in [-0.1, -0.05) is 6.08 Å². The molecule has 5 heteroatoms. The van der Waals surface area contributed by atoms with E-state index >= 15 is 0 Å². The van der Waals surface area contributed by atoms with Crippen LogP contribution in [0.5, 0.6) is 0 Å². The molecule has 0 fully saturated rings. The molecule has 0 saturated carbocycles. The highest BCUT2D eigenvalue weighted by atomic mass is 16.4. The molecular weight excluding hydrogens is 150 g/mol. The molecule has 0 atom stereocenters. The highest BCUT2D eigenvalue weighted by molar-refractivity contribution is 5.85. The third-order valence-corrected chi connectivity index (χ3v) is 1.02. The van der Waals surface area contributed by atoms with Crippen molar-refractivity contribution >= 4 is 12.2 Å². The van der Waals surface area contributed by atoms with Gasteiger partial charge in [0.1, 0.15) is 0 Å². The zero-order valence-corrected chi connectivity index (χ0v) is 5.86. The Morgan fingerprint density at radius 1 is 1.36 bits per heavy atom. The van der Waals surface area contributed by atoms with Crippen LogP contribution >= 0.6 is 0 Å². The van der Waals surface area contributed by atoms with E-state index in [1.807, 2.05) is 0 Å². The quantitative estimate of drug-likeness (QED) is 0.607. The normalized spacial score (nSPS) is 8.73. The number of nitrogens with zero attached hydrogens (tertiary/aromatic N) is 1. The Morgan fingerprint density at radius 2 is 1.82 bits per heavy atom. The molecule has 0 spiro atoms. The minimum absolute atomic E-state index is 0.0613. The number of carboxylic acid groups (broad SMARTS) is 2. The van der Waals surface area contributed by atoms with Gasteiger partial charge in [0.2, 0.25) is 0 Å². The van der Waals surface area contributed by atoms with Crippen LogP contribution in [-0.4, -0.2) is 33.8 Å². The molecule has 0 aromatic rings. The second-order valence-electron chi connectivity index (χ2n) is 1.79. The van der Waals surface area contributed by atoms with Gasteiger partial charge in [-0.05, 0) is 6.42 Å². The standard InChI is InChI=1S/C6H9NO4/c1-2-3-4-7(5(8)9)6(10)11/h2H,1,3-4H2,(H,8,9)(H,10,11). The average molecular weight is 159 g/mol. The molecule has 0 unspecified atom stereocenters. The van der Waals surface area contributed by atoms with Crippen LogP contribution in [0.3, 0.4) is 0 Å². The summed E-state index contributed by atoms with van der Waals surface area (Å²) < 4.78 is 0. The summed E-state index contributed by atoms with van der Waals surface area (Å²) in [5.41, 5.74) is 0. The monoisotopic (exact) mass is 159 g/mol. The maximum absolute atomic E-state index is 10.2. The van der Waals surface area contributed by atoms with E-state index in [9.17, 15) is 9.59 Å². The lowest BCUT2D eigenvalue weighted by Crippen LogP contribution is -2.34. The average Bonchev–Trinajstić information content (AvgIpc) is 1.87. The van der Waals surface area contributed by atoms with Crippen molar-refractivity contribution in [2.75, 3.05) is 6.54 Å². The van der Waals surface area contributed by atoms with Gasteiger partial charge in [0.25, 0.3) is 0 Å². The van der Waals surface area contributed by atoms with E-state index in [0.717, 1.165) is 0 Å². The summed E-state index contributed by atoms with van der Waals surface area (Å²) in [5, 5.41) is 16.6. The number of hydrogen-bond acceptors (Lipinski definition) is 2. The lowest BCUT2D eigenvalue weighted by Gasteiger charge is -2.10. The molecule has 0 aromatic carbocycles. The third kappa shape index (κ3) is 3.24. The van der Waals surface area contributed by atoms with E-state index in [4.69, 9.17) is 10.2 Å². The highest BCUT2D eigenvalue weighted by Crippen LogP contribution is 1.93. The summed E-state index contributed by atoms with van der Waals surface area (Å²) in [6.45, 7) is 3.28. The molecule has 0 aliphatic heterocycles. The first-order chi connectivity index (χ1) is 5.09. The van der Waals surface area contributed by atoms with Crippen molar-refractivity contribution in [1.82, 2.24) is 4.90 Å². The largest absolute Gasteiger partial charge is 0.465 e. The van der Waals surface area contributed by atoms with Crippen LogP contribution < -0.4 is 0 Å². The number of rotatable bonds is 3. The Bertz CT molecular complexity index is 163. The van der Waals surface area contributed by atoms with Crippen LogP contribution in [0.2, 0.25) is 0 Å². The van der Waals surface area contributed by atoms with Gasteiger partial charge in [0, 0.05) is 6.54 Å². The predicted octanol–water partition coefficient (Wildman–Crippen LogP) is 1.22. The van der Waals surface area contributed by atoms with Crippen molar-refractivity contribution in [3.8, 4) is 0 Å². The molecule has 0 saturated heterocycles. The van der Waals surface area contributed by atoms with E-state index in [0.29, 0.717) is 11.3 Å². The molecule has 5 nitrogen and oxygen atoms in total. The topological polar surface area (TPSA) is 77.8 Å². The Hall–Kier alpha value is -1.52. The number of carbonyl (C=O) groups is 2. The maximum atomic E-state index is 10.2. The van der Waals surface area contributed by atoms with Gasteiger partial charge in [0.15, 0.2) is 0 Å². The zero-order chi connectivity index (χ0) is 8.85. The molecule has 0 aromatic heterocycles. The summed E-state index contributed by atoms with van der Waals surface area (Å²) in [4.78, 5) is 20.6. The van der Waals surface area contributed by atoms with Crippen molar-refractivity contribution in [2.45, 2.75) is 6.42 Å². The van der Waals surface area contributed by atoms with Gasteiger partial charge in [0.05, 0.1) is 0 Å². The van der Waals surface area contributed by atoms with Gasteiger partial charge < -0.3 is 10.2 Å². The lowest BCUT2D eigenvalue weighted by atomic mass is 10.4. The second kappa shape index (κ2) is 4.32. The van der Waals surface area contributed by atoms with Gasteiger partial charge >= 0.3 is 12.2 Å². The van der Waals surface area contributed by atoms with E-state index in [1.165, 1.54) is 6.08 Å². The SMILES string of the molecule is C=CCCN(C(=O)O)C(=O)O. The van der Waals surface area contributed by atoms with Crippen LogP contribution in [0.4, 0.5) is 9.59 Å². The van der Waals surface area contributed by atoms with Gasteiger partial charge in [-0.25, -0.2) is 14.5 Å². The van der Waals surface area contributed by atoms with E-state index in [2.05, 4.69) is 6.58 Å². The molecule has 62 valence electrons. The summed E-state index contributed by atoms with van der Waals surface area (Å²) in [6, 6.07) is 0. The van der Waals surface area contributed by atoms with Crippen LogP contribution in [0.25, 0.3) is 0 Å². The molecule has 0 radical (unpaired) electrons. The fourth-order valence-electron chi connectivity index (χ4n) is 0.493. The highest BCUT2D eigenvalue weighted by Gasteiger charge is 2.17. The van der Waals surface area contributed by atoms with Crippen molar-refractivity contribution in [3.63, 3.8) is 0 Å². The second-order valence-corrected chi connectivity index (χ2v) is 1.79. The van der Waals surface area contributed by atoms with E-state index < -0.39 is 12.2 Å². The Balaban J connectivity index is 4.00. The van der Waals surface area contributed by atoms with Crippen LogP contribution in [-0.2, 0) is 0 Å². The van der Waals surface area contributed by atoms with Crippen LogP contribution in [0, 0.1) is 0 Å². The molecule has 2 amide bonds. The molecule has 0 aliphatic rings. The summed E-state index contributed by atoms with van der Waals surface area (Å²) >= 11 is 0. The fourth-order valence-corrected chi connectivity index (χ4v) is 0.493. The maximum Gasteiger partial charge on any atom is 0.416 e.